The predicted molar refractivity (Wildman–Crippen MR) is 76.4 cm³/mol. The summed E-state index contributed by atoms with van der Waals surface area (Å²) in [6, 6.07) is 3.04. The number of thiol groups is 1. The molecule has 4 N–H and O–H groups in total. The Morgan fingerprint density at radius 3 is 2.63 bits per heavy atom. The molecule has 0 saturated carbocycles. The quantitative estimate of drug-likeness (QED) is 0.369. The van der Waals surface area contributed by atoms with Crippen molar-refractivity contribution in [3.8, 4) is 0 Å². The monoisotopic (exact) mass is 285 g/mol. The second-order valence-corrected chi connectivity index (χ2v) is 4.75. The molecule has 0 aromatic heterocycles. The Bertz CT molecular complexity index is 464. The van der Waals surface area contributed by atoms with Gasteiger partial charge in [-0.3, -0.25) is 0 Å². The Morgan fingerprint density at radius 1 is 1.47 bits per heavy atom. The van der Waals surface area contributed by atoms with E-state index < -0.39 is 18.2 Å². The van der Waals surface area contributed by atoms with E-state index in [1.54, 1.807) is 13.0 Å². The number of methoxy groups -OCH3 is 1. The lowest BCUT2D eigenvalue weighted by atomic mass is 9.96. The molecule has 0 saturated heterocycles. The Kier molecular flexibility index (Phi) is 5.65. The van der Waals surface area contributed by atoms with E-state index in [4.69, 9.17) is 5.73 Å². The third-order valence-electron chi connectivity index (χ3n) is 3.01. The number of nitrogen functional groups attached to an aromatic ring is 1. The molecular formula is C13H19NO4S. The van der Waals surface area contributed by atoms with E-state index in [0.717, 1.165) is 0 Å². The minimum absolute atomic E-state index is 0.287. The van der Waals surface area contributed by atoms with Gasteiger partial charge in [0.25, 0.3) is 0 Å². The first-order valence-electron chi connectivity index (χ1n) is 5.87. The van der Waals surface area contributed by atoms with Gasteiger partial charge in [0.05, 0.1) is 18.8 Å². The fraction of sp³-hybridized carbons (Fsp3) is 0.462. The lowest BCUT2D eigenvalue weighted by Gasteiger charge is -2.19. The third-order valence-corrected chi connectivity index (χ3v) is 3.26. The predicted octanol–water partition coefficient (Wildman–Crippen LogP) is 1.08. The highest BCUT2D eigenvalue weighted by Gasteiger charge is 2.21. The van der Waals surface area contributed by atoms with E-state index in [0.29, 0.717) is 29.0 Å². The summed E-state index contributed by atoms with van der Waals surface area (Å²) in [6.07, 6.45) is -1.73. The molecular weight excluding hydrogens is 266 g/mol. The average molecular weight is 285 g/mol. The van der Waals surface area contributed by atoms with Crippen LogP contribution in [0.4, 0.5) is 5.69 Å². The molecule has 0 fully saturated rings. The van der Waals surface area contributed by atoms with Crippen LogP contribution in [0.25, 0.3) is 0 Å². The summed E-state index contributed by atoms with van der Waals surface area (Å²) in [7, 11) is 1.27. The Balaban J connectivity index is 3.16. The molecule has 2 atom stereocenters. The summed E-state index contributed by atoms with van der Waals surface area (Å²) in [5, 5.41) is 19.8. The molecule has 6 heteroatoms. The zero-order chi connectivity index (χ0) is 14.6. The van der Waals surface area contributed by atoms with Crippen LogP contribution in [-0.4, -0.2) is 35.1 Å². The van der Waals surface area contributed by atoms with Gasteiger partial charge in [-0.25, -0.2) is 4.79 Å². The van der Waals surface area contributed by atoms with Crippen molar-refractivity contribution in [3.63, 3.8) is 0 Å². The maximum absolute atomic E-state index is 11.6. The molecule has 0 heterocycles. The fourth-order valence-corrected chi connectivity index (χ4v) is 2.03. The van der Waals surface area contributed by atoms with Crippen molar-refractivity contribution >= 4 is 24.3 Å². The molecule has 0 aliphatic rings. The van der Waals surface area contributed by atoms with Crippen molar-refractivity contribution in [1.29, 1.82) is 0 Å². The summed E-state index contributed by atoms with van der Waals surface area (Å²) in [6.45, 7) is 1.70. The number of esters is 1. The summed E-state index contributed by atoms with van der Waals surface area (Å²) in [5.41, 5.74) is 7.44. The van der Waals surface area contributed by atoms with Gasteiger partial charge in [0.15, 0.2) is 0 Å². The number of benzene rings is 1. The zero-order valence-electron chi connectivity index (χ0n) is 11.0. The number of aliphatic hydroxyl groups excluding tert-OH is 2. The summed E-state index contributed by atoms with van der Waals surface area (Å²) in [5.74, 6) is -0.0781. The van der Waals surface area contributed by atoms with Crippen molar-refractivity contribution < 1.29 is 19.7 Å². The minimum Gasteiger partial charge on any atom is -0.465 e. The Morgan fingerprint density at radius 2 is 2.11 bits per heavy atom. The Hall–Kier alpha value is -1.24. The molecule has 1 aromatic rings. The van der Waals surface area contributed by atoms with Gasteiger partial charge in [0.2, 0.25) is 0 Å². The van der Waals surface area contributed by atoms with Crippen molar-refractivity contribution in [2.45, 2.75) is 25.6 Å². The molecule has 0 spiro atoms. The van der Waals surface area contributed by atoms with Crippen LogP contribution in [0, 0.1) is 6.92 Å². The molecule has 0 aliphatic carbocycles. The first-order valence-corrected chi connectivity index (χ1v) is 6.51. The van der Waals surface area contributed by atoms with Crippen LogP contribution in [0.5, 0.6) is 0 Å². The molecule has 0 aliphatic heterocycles. The van der Waals surface area contributed by atoms with Gasteiger partial charge >= 0.3 is 5.97 Å². The van der Waals surface area contributed by atoms with Crippen molar-refractivity contribution in [2.24, 2.45) is 0 Å². The van der Waals surface area contributed by atoms with Crippen molar-refractivity contribution in [1.82, 2.24) is 0 Å². The Labute approximate surface area is 117 Å². The number of carbonyl (C=O) groups excluding carboxylic acids is 1. The number of ether oxygens (including phenoxy) is 1. The first-order chi connectivity index (χ1) is 8.92. The number of anilines is 1. The normalized spacial score (nSPS) is 13.9. The highest BCUT2D eigenvalue weighted by Crippen LogP contribution is 2.26. The zero-order valence-corrected chi connectivity index (χ0v) is 11.9. The van der Waals surface area contributed by atoms with E-state index in [9.17, 15) is 15.0 Å². The third kappa shape index (κ3) is 3.62. The molecule has 1 rings (SSSR count). The number of carbonyl (C=O) groups is 1. The molecule has 19 heavy (non-hydrogen) atoms. The highest BCUT2D eigenvalue weighted by molar-refractivity contribution is 7.80. The number of hydrogen-bond acceptors (Lipinski definition) is 6. The highest BCUT2D eigenvalue weighted by atomic mass is 32.1. The van der Waals surface area contributed by atoms with Crippen LogP contribution in [0.15, 0.2) is 12.1 Å². The van der Waals surface area contributed by atoms with Crippen LogP contribution < -0.4 is 5.73 Å². The minimum atomic E-state index is -1.11. The van der Waals surface area contributed by atoms with Gasteiger partial charge in [0.1, 0.15) is 6.10 Å². The number of hydrogen-bond donors (Lipinski definition) is 4. The maximum atomic E-state index is 11.6. The van der Waals surface area contributed by atoms with Crippen molar-refractivity contribution in [2.75, 3.05) is 18.6 Å². The molecule has 0 amide bonds. The lowest BCUT2D eigenvalue weighted by molar-refractivity contribution is 0.0171. The van der Waals surface area contributed by atoms with Gasteiger partial charge in [-0.1, -0.05) is 0 Å². The van der Waals surface area contributed by atoms with Crippen LogP contribution in [0.1, 0.15) is 34.0 Å². The van der Waals surface area contributed by atoms with Gasteiger partial charge in [0, 0.05) is 5.69 Å². The van der Waals surface area contributed by atoms with E-state index >= 15 is 0 Å². The molecule has 106 valence electrons. The lowest BCUT2D eigenvalue weighted by Crippen LogP contribution is -2.20. The standard InChI is InChI=1S/C13H19NO4S/c1-7-9(13(17)18-2)5-8(6-10(7)14)12(16)11(15)3-4-19/h5-6,11-12,15-16,19H,3-4,14H2,1-2H3. The topological polar surface area (TPSA) is 92.8 Å². The van der Waals surface area contributed by atoms with E-state index in [2.05, 4.69) is 17.4 Å². The van der Waals surface area contributed by atoms with Crippen LogP contribution >= 0.6 is 12.6 Å². The van der Waals surface area contributed by atoms with Crippen molar-refractivity contribution in [3.05, 3.63) is 28.8 Å². The number of aliphatic hydroxyl groups is 2. The van der Waals surface area contributed by atoms with Crippen LogP contribution in [-0.2, 0) is 4.74 Å². The molecule has 1 aromatic carbocycles. The van der Waals surface area contributed by atoms with Crippen LogP contribution in [0.3, 0.4) is 0 Å². The number of nitrogens with two attached hydrogens (primary N) is 1. The number of rotatable bonds is 5. The summed E-state index contributed by atoms with van der Waals surface area (Å²) in [4.78, 5) is 11.6. The fourth-order valence-electron chi connectivity index (χ4n) is 1.76. The van der Waals surface area contributed by atoms with Gasteiger partial charge in [-0.05, 0) is 42.4 Å². The first kappa shape index (κ1) is 15.8. The van der Waals surface area contributed by atoms with Gasteiger partial charge in [-0.15, -0.1) is 0 Å². The smallest absolute Gasteiger partial charge is 0.338 e. The van der Waals surface area contributed by atoms with Gasteiger partial charge in [-0.2, -0.15) is 12.6 Å². The second kappa shape index (κ2) is 6.79. The maximum Gasteiger partial charge on any atom is 0.338 e. The van der Waals surface area contributed by atoms with Gasteiger partial charge < -0.3 is 20.7 Å². The van der Waals surface area contributed by atoms with E-state index in [-0.39, 0.29) is 5.56 Å². The molecule has 0 radical (unpaired) electrons. The van der Waals surface area contributed by atoms with E-state index in [1.807, 2.05) is 0 Å². The summed E-state index contributed by atoms with van der Waals surface area (Å²) >= 11 is 4.00. The molecule has 0 bridgehead atoms. The second-order valence-electron chi connectivity index (χ2n) is 4.30. The van der Waals surface area contributed by atoms with E-state index in [1.165, 1.54) is 13.2 Å². The summed E-state index contributed by atoms with van der Waals surface area (Å²) < 4.78 is 4.66. The average Bonchev–Trinajstić information content (AvgIpc) is 2.40. The molecule has 2 unspecified atom stereocenters. The SMILES string of the molecule is COC(=O)c1cc(C(O)C(O)CCS)cc(N)c1C. The van der Waals surface area contributed by atoms with Crippen LogP contribution in [0.2, 0.25) is 0 Å². The largest absolute Gasteiger partial charge is 0.465 e. The molecule has 5 nitrogen and oxygen atoms in total.